The number of anilines is 1. The second-order valence-electron chi connectivity index (χ2n) is 6.60. The van der Waals surface area contributed by atoms with Crippen molar-refractivity contribution in [2.45, 2.75) is 13.8 Å². The van der Waals surface area contributed by atoms with E-state index in [0.717, 1.165) is 0 Å². The third-order valence-corrected chi connectivity index (χ3v) is 3.98. The van der Waals surface area contributed by atoms with Gasteiger partial charge in [-0.2, -0.15) is 5.10 Å². The van der Waals surface area contributed by atoms with Crippen molar-refractivity contribution in [2.75, 3.05) is 11.9 Å². The van der Waals surface area contributed by atoms with Crippen LogP contribution in [-0.2, 0) is 0 Å². The summed E-state index contributed by atoms with van der Waals surface area (Å²) in [5, 5.41) is 9.93. The summed E-state index contributed by atoms with van der Waals surface area (Å²) in [6.45, 7) is 4.71. The summed E-state index contributed by atoms with van der Waals surface area (Å²) >= 11 is 0. The first kappa shape index (κ1) is 18.4. The van der Waals surface area contributed by atoms with Crippen LogP contribution in [0.4, 0.5) is 5.69 Å². The van der Waals surface area contributed by atoms with Crippen molar-refractivity contribution in [3.8, 4) is 5.69 Å². The molecule has 0 fully saturated rings. The minimum Gasteiger partial charge on any atom is -0.352 e. The molecule has 27 heavy (non-hydrogen) atoms. The molecule has 0 aliphatic carbocycles. The van der Waals surface area contributed by atoms with E-state index in [0.29, 0.717) is 35.0 Å². The standard InChI is InChI=1S/C21H22N4O2/c1-15(2)14-22-20(26)16-8-10-17(11-9-16)24-21(27)18-6-3-4-7-19(18)25-13-5-12-23-25/h3-13,15H,14H2,1-2H3,(H,22,26)(H,24,27). The molecule has 3 aromatic rings. The molecule has 1 heterocycles. The Hall–Kier alpha value is -3.41. The normalized spacial score (nSPS) is 10.6. The van der Waals surface area contributed by atoms with E-state index in [2.05, 4.69) is 15.7 Å². The zero-order valence-corrected chi connectivity index (χ0v) is 15.3. The Morgan fingerprint density at radius 1 is 1.00 bits per heavy atom. The number of benzene rings is 2. The van der Waals surface area contributed by atoms with E-state index < -0.39 is 0 Å². The zero-order valence-electron chi connectivity index (χ0n) is 15.3. The topological polar surface area (TPSA) is 76.0 Å². The van der Waals surface area contributed by atoms with Crippen LogP contribution in [0.3, 0.4) is 0 Å². The van der Waals surface area contributed by atoms with Crippen molar-refractivity contribution >= 4 is 17.5 Å². The van der Waals surface area contributed by atoms with E-state index in [1.807, 2.05) is 32.0 Å². The number of aromatic nitrogens is 2. The fourth-order valence-corrected chi connectivity index (χ4v) is 2.58. The third-order valence-electron chi connectivity index (χ3n) is 3.98. The number of carbonyl (C=O) groups excluding carboxylic acids is 2. The van der Waals surface area contributed by atoms with Crippen LogP contribution in [0.1, 0.15) is 34.6 Å². The van der Waals surface area contributed by atoms with Crippen LogP contribution in [0.5, 0.6) is 0 Å². The van der Waals surface area contributed by atoms with Crippen molar-refractivity contribution in [2.24, 2.45) is 5.92 Å². The van der Waals surface area contributed by atoms with Gasteiger partial charge in [-0.15, -0.1) is 0 Å². The molecule has 0 aliphatic rings. The monoisotopic (exact) mass is 362 g/mol. The van der Waals surface area contributed by atoms with Gasteiger partial charge in [-0.1, -0.05) is 26.0 Å². The van der Waals surface area contributed by atoms with Crippen molar-refractivity contribution in [1.82, 2.24) is 15.1 Å². The van der Waals surface area contributed by atoms with Gasteiger partial charge in [0.1, 0.15) is 0 Å². The maximum atomic E-state index is 12.7. The van der Waals surface area contributed by atoms with E-state index in [4.69, 9.17) is 0 Å². The van der Waals surface area contributed by atoms with Gasteiger partial charge in [0.25, 0.3) is 11.8 Å². The van der Waals surface area contributed by atoms with Crippen LogP contribution >= 0.6 is 0 Å². The molecule has 2 aromatic carbocycles. The Kier molecular flexibility index (Phi) is 5.66. The number of rotatable bonds is 6. The van der Waals surface area contributed by atoms with Crippen LogP contribution < -0.4 is 10.6 Å². The summed E-state index contributed by atoms with van der Waals surface area (Å²) in [6, 6.07) is 15.9. The third kappa shape index (κ3) is 4.61. The second kappa shape index (κ2) is 8.31. The molecule has 6 heteroatoms. The second-order valence-corrected chi connectivity index (χ2v) is 6.60. The van der Waals surface area contributed by atoms with Gasteiger partial charge in [0.2, 0.25) is 0 Å². The number of nitrogens with zero attached hydrogens (tertiary/aromatic N) is 2. The molecular weight excluding hydrogens is 340 g/mol. The Morgan fingerprint density at radius 2 is 1.74 bits per heavy atom. The van der Waals surface area contributed by atoms with Gasteiger partial charge in [0.05, 0.1) is 11.3 Å². The predicted molar refractivity (Wildman–Crippen MR) is 105 cm³/mol. The number of amides is 2. The zero-order chi connectivity index (χ0) is 19.2. The first-order valence-electron chi connectivity index (χ1n) is 8.83. The van der Waals surface area contributed by atoms with Crippen LogP contribution in [0, 0.1) is 5.92 Å². The Labute approximate surface area is 158 Å². The maximum absolute atomic E-state index is 12.7. The van der Waals surface area contributed by atoms with Crippen LogP contribution in [0.2, 0.25) is 0 Å². The highest BCUT2D eigenvalue weighted by Gasteiger charge is 2.13. The minimum absolute atomic E-state index is 0.120. The van der Waals surface area contributed by atoms with Gasteiger partial charge in [-0.05, 0) is 48.4 Å². The Bertz CT molecular complexity index is 916. The van der Waals surface area contributed by atoms with Crippen molar-refractivity contribution in [3.63, 3.8) is 0 Å². The summed E-state index contributed by atoms with van der Waals surface area (Å²) in [7, 11) is 0. The molecule has 6 nitrogen and oxygen atoms in total. The molecule has 138 valence electrons. The van der Waals surface area contributed by atoms with E-state index in [1.165, 1.54) is 0 Å². The number of para-hydroxylation sites is 1. The molecule has 2 N–H and O–H groups in total. The smallest absolute Gasteiger partial charge is 0.257 e. The Balaban J connectivity index is 1.71. The molecule has 0 spiro atoms. The molecule has 0 saturated heterocycles. The molecular formula is C21H22N4O2. The quantitative estimate of drug-likeness (QED) is 0.704. The van der Waals surface area contributed by atoms with Gasteiger partial charge >= 0.3 is 0 Å². The first-order valence-corrected chi connectivity index (χ1v) is 8.83. The lowest BCUT2D eigenvalue weighted by Gasteiger charge is -2.11. The molecule has 0 aliphatic heterocycles. The van der Waals surface area contributed by atoms with Gasteiger partial charge in [-0.25, -0.2) is 4.68 Å². The lowest BCUT2D eigenvalue weighted by Crippen LogP contribution is -2.27. The Morgan fingerprint density at radius 3 is 2.41 bits per heavy atom. The van der Waals surface area contributed by atoms with Gasteiger partial charge < -0.3 is 10.6 Å². The average Bonchev–Trinajstić information content (AvgIpc) is 3.21. The van der Waals surface area contributed by atoms with Gasteiger partial charge in [-0.3, -0.25) is 9.59 Å². The number of hydrogen-bond acceptors (Lipinski definition) is 3. The fourth-order valence-electron chi connectivity index (χ4n) is 2.58. The molecule has 0 unspecified atom stereocenters. The molecule has 3 rings (SSSR count). The highest BCUT2D eigenvalue weighted by molar-refractivity contribution is 6.07. The van der Waals surface area contributed by atoms with E-state index in [-0.39, 0.29) is 11.8 Å². The SMILES string of the molecule is CC(C)CNC(=O)c1ccc(NC(=O)c2ccccc2-n2cccn2)cc1. The minimum atomic E-state index is -0.238. The molecule has 2 amide bonds. The highest BCUT2D eigenvalue weighted by atomic mass is 16.2. The van der Waals surface area contributed by atoms with Crippen LogP contribution in [-0.4, -0.2) is 28.1 Å². The maximum Gasteiger partial charge on any atom is 0.257 e. The largest absolute Gasteiger partial charge is 0.352 e. The van der Waals surface area contributed by atoms with Crippen molar-refractivity contribution in [3.05, 3.63) is 78.1 Å². The molecule has 0 radical (unpaired) electrons. The van der Waals surface area contributed by atoms with E-state index >= 15 is 0 Å². The van der Waals surface area contributed by atoms with E-state index in [1.54, 1.807) is 53.5 Å². The van der Waals surface area contributed by atoms with Gasteiger partial charge in [0.15, 0.2) is 0 Å². The van der Waals surface area contributed by atoms with Crippen LogP contribution in [0.25, 0.3) is 5.69 Å². The molecule has 0 saturated carbocycles. The number of hydrogen-bond donors (Lipinski definition) is 2. The molecule has 1 aromatic heterocycles. The molecule has 0 bridgehead atoms. The van der Waals surface area contributed by atoms with E-state index in [9.17, 15) is 9.59 Å². The van der Waals surface area contributed by atoms with Gasteiger partial charge in [0, 0.05) is 30.2 Å². The summed E-state index contributed by atoms with van der Waals surface area (Å²) < 4.78 is 1.65. The summed E-state index contributed by atoms with van der Waals surface area (Å²) in [6.07, 6.45) is 3.45. The first-order chi connectivity index (χ1) is 13.0. The lowest BCUT2D eigenvalue weighted by atomic mass is 10.1. The highest BCUT2D eigenvalue weighted by Crippen LogP contribution is 2.17. The summed E-state index contributed by atoms with van der Waals surface area (Å²) in [5.41, 5.74) is 2.39. The van der Waals surface area contributed by atoms with Crippen LogP contribution in [0.15, 0.2) is 67.0 Å². The molecule has 0 atom stereocenters. The number of nitrogens with one attached hydrogen (secondary N) is 2. The lowest BCUT2D eigenvalue weighted by molar-refractivity contribution is 0.0948. The van der Waals surface area contributed by atoms with Crippen molar-refractivity contribution < 1.29 is 9.59 Å². The summed E-state index contributed by atoms with van der Waals surface area (Å²) in [4.78, 5) is 24.8. The number of carbonyl (C=O) groups is 2. The predicted octanol–water partition coefficient (Wildman–Crippen LogP) is 3.51. The fraction of sp³-hybridized carbons (Fsp3) is 0.190. The average molecular weight is 362 g/mol. The van der Waals surface area contributed by atoms with Crippen molar-refractivity contribution in [1.29, 1.82) is 0 Å². The summed E-state index contributed by atoms with van der Waals surface area (Å²) in [5.74, 6) is 0.0334.